The van der Waals surface area contributed by atoms with Crippen LogP contribution in [-0.2, 0) is 11.3 Å². The van der Waals surface area contributed by atoms with E-state index in [-0.39, 0.29) is 11.9 Å². The topological polar surface area (TPSA) is 41.6 Å². The van der Waals surface area contributed by atoms with Crippen LogP contribution in [0.2, 0.25) is 0 Å². The number of carbonyl (C=O) groups is 1. The molecule has 1 N–H and O–H groups in total. The molecule has 1 saturated heterocycles. The number of ether oxygens (including phenoxy) is 1. The first kappa shape index (κ1) is 17.2. The van der Waals surface area contributed by atoms with Crippen LogP contribution in [0.1, 0.15) is 32.8 Å². The summed E-state index contributed by atoms with van der Waals surface area (Å²) in [5, 5.41) is 2.87. The molecule has 2 rings (SSSR count). The molecule has 1 atom stereocenters. The molecule has 22 heavy (non-hydrogen) atoms. The maximum atomic E-state index is 13.8. The molecule has 1 aliphatic rings. The summed E-state index contributed by atoms with van der Waals surface area (Å²) < 4.78 is 19.9. The molecule has 6 heteroatoms. The molecule has 0 radical (unpaired) electrons. The van der Waals surface area contributed by atoms with E-state index >= 15 is 0 Å². The average molecular weight is 373 g/mol. The third kappa shape index (κ3) is 5.25. The number of rotatable bonds is 3. The monoisotopic (exact) mass is 372 g/mol. The molecular formula is C16H22BrFN2O2. The Kier molecular flexibility index (Phi) is 5.45. The van der Waals surface area contributed by atoms with Gasteiger partial charge in [0.1, 0.15) is 11.4 Å². The molecule has 0 bridgehead atoms. The van der Waals surface area contributed by atoms with Gasteiger partial charge in [0.25, 0.3) is 0 Å². The number of carbonyl (C=O) groups excluding carboxylic acids is 1. The van der Waals surface area contributed by atoms with Crippen molar-refractivity contribution in [3.63, 3.8) is 0 Å². The van der Waals surface area contributed by atoms with E-state index in [0.717, 1.165) is 17.4 Å². The lowest BCUT2D eigenvalue weighted by Gasteiger charge is -2.22. The third-order valence-electron chi connectivity index (χ3n) is 3.39. The van der Waals surface area contributed by atoms with Gasteiger partial charge in [0.15, 0.2) is 0 Å². The first-order valence-electron chi connectivity index (χ1n) is 7.39. The molecule has 1 aliphatic heterocycles. The quantitative estimate of drug-likeness (QED) is 0.879. The fourth-order valence-electron chi connectivity index (χ4n) is 2.47. The van der Waals surface area contributed by atoms with Gasteiger partial charge in [-0.1, -0.05) is 15.9 Å². The minimum atomic E-state index is -0.498. The standard InChI is InChI=1S/C16H22BrFN2O2/c1-16(2,3)22-15(21)19-13-6-7-20(10-13)9-11-8-12(17)4-5-14(11)18/h4-5,8,13H,6-7,9-10H2,1-3H3,(H,19,21)/t13-/m0/s1. The van der Waals surface area contributed by atoms with E-state index in [9.17, 15) is 9.18 Å². The van der Waals surface area contributed by atoms with Crippen molar-refractivity contribution in [1.29, 1.82) is 0 Å². The summed E-state index contributed by atoms with van der Waals surface area (Å²) in [6, 6.07) is 5.00. The van der Waals surface area contributed by atoms with E-state index < -0.39 is 11.7 Å². The Morgan fingerprint density at radius 3 is 2.91 bits per heavy atom. The summed E-state index contributed by atoms with van der Waals surface area (Å²) in [6.45, 7) is 7.58. The predicted molar refractivity (Wildman–Crippen MR) is 87.2 cm³/mol. The zero-order valence-electron chi connectivity index (χ0n) is 13.2. The first-order chi connectivity index (χ1) is 10.2. The van der Waals surface area contributed by atoms with Crippen LogP contribution in [0.25, 0.3) is 0 Å². The second kappa shape index (κ2) is 6.96. The number of likely N-dealkylation sites (tertiary alicyclic amines) is 1. The largest absolute Gasteiger partial charge is 0.444 e. The molecule has 4 nitrogen and oxygen atoms in total. The van der Waals surface area contributed by atoms with Crippen molar-refractivity contribution in [3.05, 3.63) is 34.1 Å². The Labute approximate surface area is 139 Å². The Morgan fingerprint density at radius 2 is 2.23 bits per heavy atom. The molecule has 1 aromatic carbocycles. The number of alkyl carbamates (subject to hydrolysis) is 1. The summed E-state index contributed by atoms with van der Waals surface area (Å²) in [5.41, 5.74) is 0.161. The van der Waals surface area contributed by atoms with E-state index in [1.54, 1.807) is 12.1 Å². The minimum absolute atomic E-state index is 0.0464. The van der Waals surface area contributed by atoms with Crippen molar-refractivity contribution in [1.82, 2.24) is 10.2 Å². The molecule has 1 aromatic rings. The third-order valence-corrected chi connectivity index (χ3v) is 3.89. The normalized spacial score (nSPS) is 19.2. The zero-order chi connectivity index (χ0) is 16.3. The van der Waals surface area contributed by atoms with Crippen LogP contribution in [-0.4, -0.2) is 35.7 Å². The van der Waals surface area contributed by atoms with Crippen molar-refractivity contribution < 1.29 is 13.9 Å². The van der Waals surface area contributed by atoms with Gasteiger partial charge in [0.05, 0.1) is 0 Å². The van der Waals surface area contributed by atoms with Crippen LogP contribution in [0.15, 0.2) is 22.7 Å². The SMILES string of the molecule is CC(C)(C)OC(=O)N[C@H]1CCN(Cc2cc(Br)ccc2F)C1. The predicted octanol–water partition coefficient (Wildman–Crippen LogP) is 3.69. The van der Waals surface area contributed by atoms with Crippen LogP contribution < -0.4 is 5.32 Å². The summed E-state index contributed by atoms with van der Waals surface area (Å²) in [5.74, 6) is -0.202. The lowest BCUT2D eigenvalue weighted by Crippen LogP contribution is -2.40. The lowest BCUT2D eigenvalue weighted by atomic mass is 10.2. The van der Waals surface area contributed by atoms with E-state index in [1.807, 2.05) is 20.8 Å². The zero-order valence-corrected chi connectivity index (χ0v) is 14.7. The fraction of sp³-hybridized carbons (Fsp3) is 0.562. The maximum Gasteiger partial charge on any atom is 0.407 e. The van der Waals surface area contributed by atoms with Crippen LogP contribution in [0, 0.1) is 5.82 Å². The van der Waals surface area contributed by atoms with Gasteiger partial charge in [-0.3, -0.25) is 4.90 Å². The van der Waals surface area contributed by atoms with Crippen molar-refractivity contribution in [3.8, 4) is 0 Å². The lowest BCUT2D eigenvalue weighted by molar-refractivity contribution is 0.0505. The van der Waals surface area contributed by atoms with Gasteiger partial charge in [0, 0.05) is 35.7 Å². The molecule has 1 heterocycles. The van der Waals surface area contributed by atoms with Crippen molar-refractivity contribution in [2.24, 2.45) is 0 Å². The average Bonchev–Trinajstić information content (AvgIpc) is 2.78. The highest BCUT2D eigenvalue weighted by atomic mass is 79.9. The maximum absolute atomic E-state index is 13.8. The Balaban J connectivity index is 1.85. The number of nitrogens with one attached hydrogen (secondary N) is 1. The van der Waals surface area contributed by atoms with Crippen molar-refractivity contribution in [2.45, 2.75) is 45.4 Å². The Bertz CT molecular complexity index is 545. The van der Waals surface area contributed by atoms with Crippen molar-refractivity contribution in [2.75, 3.05) is 13.1 Å². The number of amides is 1. The summed E-state index contributed by atoms with van der Waals surface area (Å²) in [6.07, 6.45) is 0.447. The highest BCUT2D eigenvalue weighted by Gasteiger charge is 2.26. The summed E-state index contributed by atoms with van der Waals surface area (Å²) in [7, 11) is 0. The summed E-state index contributed by atoms with van der Waals surface area (Å²) in [4.78, 5) is 13.9. The fourth-order valence-corrected chi connectivity index (χ4v) is 2.88. The van der Waals surface area contributed by atoms with Gasteiger partial charge < -0.3 is 10.1 Å². The van der Waals surface area contributed by atoms with Gasteiger partial charge in [-0.15, -0.1) is 0 Å². The number of halogens is 2. The Hall–Kier alpha value is -1.14. The van der Waals surface area contributed by atoms with E-state index in [4.69, 9.17) is 4.74 Å². The second-order valence-electron chi connectivity index (χ2n) is 6.60. The summed E-state index contributed by atoms with van der Waals surface area (Å²) >= 11 is 3.36. The number of nitrogens with zero attached hydrogens (tertiary/aromatic N) is 1. The second-order valence-corrected chi connectivity index (χ2v) is 7.52. The van der Waals surface area contributed by atoms with Gasteiger partial charge in [-0.2, -0.15) is 0 Å². The van der Waals surface area contributed by atoms with Gasteiger partial charge in [0.2, 0.25) is 0 Å². The molecule has 1 amide bonds. The van der Waals surface area contributed by atoms with E-state index in [1.165, 1.54) is 6.07 Å². The van der Waals surface area contributed by atoms with Crippen LogP contribution in [0.5, 0.6) is 0 Å². The van der Waals surface area contributed by atoms with Gasteiger partial charge in [-0.05, 0) is 45.4 Å². The van der Waals surface area contributed by atoms with Gasteiger partial charge >= 0.3 is 6.09 Å². The number of hydrogen-bond acceptors (Lipinski definition) is 3. The number of benzene rings is 1. The molecule has 0 spiro atoms. The first-order valence-corrected chi connectivity index (χ1v) is 8.18. The van der Waals surface area contributed by atoms with E-state index in [2.05, 4.69) is 26.1 Å². The Morgan fingerprint density at radius 1 is 1.50 bits per heavy atom. The molecule has 0 aromatic heterocycles. The minimum Gasteiger partial charge on any atom is -0.444 e. The van der Waals surface area contributed by atoms with E-state index in [0.29, 0.717) is 18.7 Å². The van der Waals surface area contributed by atoms with Crippen LogP contribution in [0.4, 0.5) is 9.18 Å². The van der Waals surface area contributed by atoms with Crippen molar-refractivity contribution >= 4 is 22.0 Å². The smallest absolute Gasteiger partial charge is 0.407 e. The van der Waals surface area contributed by atoms with Crippen LogP contribution >= 0.6 is 15.9 Å². The molecule has 0 saturated carbocycles. The molecule has 0 unspecified atom stereocenters. The number of hydrogen-bond donors (Lipinski definition) is 1. The highest BCUT2D eigenvalue weighted by molar-refractivity contribution is 9.10. The van der Waals surface area contributed by atoms with Gasteiger partial charge in [-0.25, -0.2) is 9.18 Å². The molecule has 0 aliphatic carbocycles. The molecule has 1 fully saturated rings. The molecular weight excluding hydrogens is 351 g/mol. The molecule has 122 valence electrons. The van der Waals surface area contributed by atoms with Crippen LogP contribution in [0.3, 0.4) is 0 Å². The highest BCUT2D eigenvalue weighted by Crippen LogP contribution is 2.20.